The monoisotopic (exact) mass is 337 g/mol. The van der Waals surface area contributed by atoms with Gasteiger partial charge in [-0.05, 0) is 86.4 Å². The molecule has 0 saturated heterocycles. The van der Waals surface area contributed by atoms with E-state index in [2.05, 4.69) is 29.6 Å². The first-order chi connectivity index (χ1) is 12.0. The summed E-state index contributed by atoms with van der Waals surface area (Å²) in [5.41, 5.74) is 6.35. The van der Waals surface area contributed by atoms with Crippen LogP contribution in [0.3, 0.4) is 0 Å². The number of carbonyl (C=O) groups excluding carboxylic acids is 1. The first-order valence-corrected chi connectivity index (χ1v) is 9.13. The van der Waals surface area contributed by atoms with Crippen LogP contribution in [0.15, 0.2) is 36.4 Å². The molecule has 1 N–H and O–H groups in total. The lowest BCUT2D eigenvalue weighted by molar-refractivity contribution is -0.123. The Morgan fingerprint density at radius 3 is 2.44 bits per heavy atom. The van der Waals surface area contributed by atoms with Gasteiger partial charge in [-0.2, -0.15) is 0 Å². The van der Waals surface area contributed by atoms with Gasteiger partial charge in [0.15, 0.2) is 6.61 Å². The van der Waals surface area contributed by atoms with Crippen LogP contribution in [0.4, 0.5) is 0 Å². The molecule has 3 heteroatoms. The average molecular weight is 337 g/mol. The summed E-state index contributed by atoms with van der Waals surface area (Å²) in [6.45, 7) is 6.12. The first kappa shape index (κ1) is 17.5. The number of fused-ring (bicyclic) bond motifs is 1. The van der Waals surface area contributed by atoms with Crippen LogP contribution in [0.5, 0.6) is 5.75 Å². The van der Waals surface area contributed by atoms with Crippen LogP contribution in [-0.2, 0) is 17.6 Å². The fraction of sp³-hybridized carbons (Fsp3) is 0.409. The highest BCUT2D eigenvalue weighted by Crippen LogP contribution is 2.24. The second kappa shape index (κ2) is 7.73. The van der Waals surface area contributed by atoms with E-state index in [0.717, 1.165) is 23.3 Å². The third-order valence-corrected chi connectivity index (χ3v) is 4.82. The van der Waals surface area contributed by atoms with Crippen molar-refractivity contribution in [1.82, 2.24) is 5.32 Å². The molecule has 1 amide bonds. The Morgan fingerprint density at radius 2 is 1.72 bits per heavy atom. The van der Waals surface area contributed by atoms with E-state index in [1.807, 2.05) is 32.9 Å². The van der Waals surface area contributed by atoms with E-state index in [9.17, 15) is 4.79 Å². The van der Waals surface area contributed by atoms with E-state index in [1.165, 1.54) is 36.0 Å². The van der Waals surface area contributed by atoms with E-state index in [1.54, 1.807) is 0 Å². The molecular formula is C22H27NO2. The number of hydrogen-bond donors (Lipinski definition) is 1. The summed E-state index contributed by atoms with van der Waals surface area (Å²) in [6, 6.07) is 12.6. The van der Waals surface area contributed by atoms with Crippen molar-refractivity contribution < 1.29 is 9.53 Å². The van der Waals surface area contributed by atoms with Gasteiger partial charge in [-0.15, -0.1) is 0 Å². The normalized spacial score (nSPS) is 14.5. The molecule has 3 rings (SSSR count). The van der Waals surface area contributed by atoms with Gasteiger partial charge in [0.05, 0.1) is 6.04 Å². The van der Waals surface area contributed by atoms with Gasteiger partial charge in [-0.25, -0.2) is 0 Å². The molecule has 0 radical (unpaired) electrons. The van der Waals surface area contributed by atoms with Crippen molar-refractivity contribution >= 4 is 5.91 Å². The lowest BCUT2D eigenvalue weighted by Gasteiger charge is -2.20. The number of aryl methyl sites for hydroxylation is 4. The van der Waals surface area contributed by atoms with Gasteiger partial charge in [0.25, 0.3) is 5.91 Å². The number of rotatable bonds is 5. The van der Waals surface area contributed by atoms with E-state index >= 15 is 0 Å². The van der Waals surface area contributed by atoms with Gasteiger partial charge in [0, 0.05) is 0 Å². The van der Waals surface area contributed by atoms with Crippen molar-refractivity contribution in [2.75, 3.05) is 6.61 Å². The molecule has 0 spiro atoms. The van der Waals surface area contributed by atoms with E-state index in [4.69, 9.17) is 4.74 Å². The minimum Gasteiger partial charge on any atom is -0.484 e. The summed E-state index contributed by atoms with van der Waals surface area (Å²) in [6.07, 6.45) is 4.88. The molecule has 1 aliphatic rings. The SMILES string of the molecule is Cc1cc(C)cc(OCC(=O)NC(C)c2ccc3c(c2)CCCC3)c1. The zero-order chi connectivity index (χ0) is 17.8. The quantitative estimate of drug-likeness (QED) is 0.876. The Bertz CT molecular complexity index is 746. The van der Waals surface area contributed by atoms with Gasteiger partial charge in [-0.1, -0.05) is 24.3 Å². The number of carbonyl (C=O) groups is 1. The smallest absolute Gasteiger partial charge is 0.258 e. The largest absolute Gasteiger partial charge is 0.484 e. The highest BCUT2D eigenvalue weighted by molar-refractivity contribution is 5.78. The number of amides is 1. The topological polar surface area (TPSA) is 38.3 Å². The zero-order valence-electron chi connectivity index (χ0n) is 15.4. The van der Waals surface area contributed by atoms with Crippen molar-refractivity contribution in [3.8, 4) is 5.75 Å². The maximum absolute atomic E-state index is 12.2. The van der Waals surface area contributed by atoms with E-state index in [-0.39, 0.29) is 18.6 Å². The van der Waals surface area contributed by atoms with Crippen LogP contribution < -0.4 is 10.1 Å². The number of nitrogens with one attached hydrogen (secondary N) is 1. The summed E-state index contributed by atoms with van der Waals surface area (Å²) in [5.74, 6) is 0.651. The van der Waals surface area contributed by atoms with Crippen LogP contribution >= 0.6 is 0 Å². The third-order valence-electron chi connectivity index (χ3n) is 4.82. The number of hydrogen-bond acceptors (Lipinski definition) is 2. The second-order valence-electron chi connectivity index (χ2n) is 7.14. The molecule has 25 heavy (non-hydrogen) atoms. The summed E-state index contributed by atoms with van der Waals surface area (Å²) >= 11 is 0. The summed E-state index contributed by atoms with van der Waals surface area (Å²) in [4.78, 5) is 12.2. The van der Waals surface area contributed by atoms with Gasteiger partial charge < -0.3 is 10.1 Å². The van der Waals surface area contributed by atoms with Crippen molar-refractivity contribution in [1.29, 1.82) is 0 Å². The highest BCUT2D eigenvalue weighted by atomic mass is 16.5. The van der Waals surface area contributed by atoms with Gasteiger partial charge >= 0.3 is 0 Å². The first-order valence-electron chi connectivity index (χ1n) is 9.13. The van der Waals surface area contributed by atoms with Crippen molar-refractivity contribution in [3.05, 3.63) is 64.2 Å². The Kier molecular flexibility index (Phi) is 5.42. The minimum atomic E-state index is -0.0932. The van der Waals surface area contributed by atoms with Crippen LogP contribution in [0.25, 0.3) is 0 Å². The third kappa shape index (κ3) is 4.62. The molecule has 1 atom stereocenters. The molecule has 0 aliphatic heterocycles. The summed E-state index contributed by atoms with van der Waals surface area (Å²) in [5, 5.41) is 3.04. The minimum absolute atomic E-state index is 0.0115. The standard InChI is InChI=1S/C22H27NO2/c1-15-10-16(2)12-21(11-15)25-14-22(24)23-17(3)19-9-8-18-6-4-5-7-20(18)13-19/h8-13,17H,4-7,14H2,1-3H3,(H,23,24). The Hall–Kier alpha value is -2.29. The molecule has 0 saturated carbocycles. The van der Waals surface area contributed by atoms with Gasteiger partial charge in [0.2, 0.25) is 0 Å². The maximum atomic E-state index is 12.2. The Morgan fingerprint density at radius 1 is 1.04 bits per heavy atom. The molecule has 1 aliphatic carbocycles. The molecule has 2 aromatic rings. The van der Waals surface area contributed by atoms with Gasteiger partial charge in [0.1, 0.15) is 5.75 Å². The van der Waals surface area contributed by atoms with Crippen LogP contribution in [0.1, 0.15) is 53.6 Å². The van der Waals surface area contributed by atoms with Crippen LogP contribution in [-0.4, -0.2) is 12.5 Å². The van der Waals surface area contributed by atoms with Crippen molar-refractivity contribution in [2.24, 2.45) is 0 Å². The Balaban J connectivity index is 1.57. The fourth-order valence-electron chi connectivity index (χ4n) is 3.55. The molecule has 132 valence electrons. The number of benzene rings is 2. The molecular weight excluding hydrogens is 310 g/mol. The molecule has 0 bridgehead atoms. The fourth-order valence-corrected chi connectivity index (χ4v) is 3.55. The van der Waals surface area contributed by atoms with Crippen molar-refractivity contribution in [2.45, 2.75) is 52.5 Å². The van der Waals surface area contributed by atoms with E-state index in [0.29, 0.717) is 0 Å². The van der Waals surface area contributed by atoms with Crippen LogP contribution in [0.2, 0.25) is 0 Å². The maximum Gasteiger partial charge on any atom is 0.258 e. The van der Waals surface area contributed by atoms with Crippen LogP contribution in [0, 0.1) is 13.8 Å². The molecule has 1 unspecified atom stereocenters. The Labute approximate surface area is 150 Å². The second-order valence-corrected chi connectivity index (χ2v) is 7.14. The van der Waals surface area contributed by atoms with E-state index < -0.39 is 0 Å². The molecule has 0 heterocycles. The van der Waals surface area contributed by atoms with Gasteiger partial charge in [-0.3, -0.25) is 4.79 Å². The van der Waals surface area contributed by atoms with Crippen molar-refractivity contribution in [3.63, 3.8) is 0 Å². The lowest BCUT2D eigenvalue weighted by Crippen LogP contribution is -2.31. The summed E-state index contributed by atoms with van der Waals surface area (Å²) < 4.78 is 5.64. The molecule has 0 fully saturated rings. The highest BCUT2D eigenvalue weighted by Gasteiger charge is 2.14. The number of ether oxygens (including phenoxy) is 1. The lowest BCUT2D eigenvalue weighted by atomic mass is 9.89. The molecule has 3 nitrogen and oxygen atoms in total. The molecule has 2 aromatic carbocycles. The molecule has 0 aromatic heterocycles. The summed E-state index contributed by atoms with van der Waals surface area (Å²) in [7, 11) is 0. The zero-order valence-corrected chi connectivity index (χ0v) is 15.4. The predicted octanol–water partition coefficient (Wildman–Crippen LogP) is 4.44. The average Bonchev–Trinajstić information content (AvgIpc) is 2.58. The predicted molar refractivity (Wildman–Crippen MR) is 101 cm³/mol.